The maximum absolute atomic E-state index is 12.2. The molecule has 1 amide bonds. The summed E-state index contributed by atoms with van der Waals surface area (Å²) in [5.41, 5.74) is 0. The van der Waals surface area contributed by atoms with Gasteiger partial charge in [-0.25, -0.2) is 0 Å². The van der Waals surface area contributed by atoms with E-state index in [1.165, 1.54) is 0 Å². The van der Waals surface area contributed by atoms with Gasteiger partial charge in [-0.05, 0) is 24.3 Å². The minimum Gasteiger partial charge on any atom is -0.481 e. The molecule has 0 radical (unpaired) electrons. The lowest BCUT2D eigenvalue weighted by atomic mass is 10.1. The standard InChI is InChI=1S/C13H17NO3S/c1-9(13(16)17)8-14(10-4-5-10)12(15)7-11-3-2-6-18-11/h2-3,6,9-10H,4-5,7-8H2,1H3,(H,16,17). The second-order valence-corrected chi connectivity index (χ2v) is 5.80. The average molecular weight is 267 g/mol. The fraction of sp³-hybridized carbons (Fsp3) is 0.538. The highest BCUT2D eigenvalue weighted by Crippen LogP contribution is 2.28. The molecule has 1 heterocycles. The molecular weight excluding hydrogens is 250 g/mol. The van der Waals surface area contributed by atoms with Crippen LogP contribution in [-0.2, 0) is 16.0 Å². The first kappa shape index (κ1) is 13.1. The summed E-state index contributed by atoms with van der Waals surface area (Å²) >= 11 is 1.56. The van der Waals surface area contributed by atoms with Crippen molar-refractivity contribution in [3.63, 3.8) is 0 Å². The fourth-order valence-corrected chi connectivity index (χ4v) is 2.57. The molecule has 1 N–H and O–H groups in total. The quantitative estimate of drug-likeness (QED) is 0.857. The Hall–Kier alpha value is -1.36. The molecule has 1 saturated carbocycles. The number of aliphatic carboxylic acids is 1. The van der Waals surface area contributed by atoms with Crippen LogP contribution in [0, 0.1) is 5.92 Å². The van der Waals surface area contributed by atoms with E-state index in [0.717, 1.165) is 17.7 Å². The minimum absolute atomic E-state index is 0.0491. The van der Waals surface area contributed by atoms with Gasteiger partial charge in [0.05, 0.1) is 12.3 Å². The summed E-state index contributed by atoms with van der Waals surface area (Å²) in [5, 5.41) is 10.9. The van der Waals surface area contributed by atoms with Crippen molar-refractivity contribution in [3.05, 3.63) is 22.4 Å². The van der Waals surface area contributed by atoms with Gasteiger partial charge in [0.1, 0.15) is 0 Å². The van der Waals surface area contributed by atoms with E-state index in [1.807, 2.05) is 17.5 Å². The van der Waals surface area contributed by atoms with Crippen molar-refractivity contribution in [3.8, 4) is 0 Å². The number of carboxylic acid groups (broad SMARTS) is 1. The second-order valence-electron chi connectivity index (χ2n) is 4.77. The van der Waals surface area contributed by atoms with E-state index in [-0.39, 0.29) is 11.9 Å². The minimum atomic E-state index is -0.843. The third-order valence-corrected chi connectivity index (χ3v) is 3.98. The molecule has 1 fully saturated rings. The van der Waals surface area contributed by atoms with Crippen LogP contribution in [0.5, 0.6) is 0 Å². The number of nitrogens with zero attached hydrogens (tertiary/aromatic N) is 1. The summed E-state index contributed by atoms with van der Waals surface area (Å²) < 4.78 is 0. The van der Waals surface area contributed by atoms with Crippen LogP contribution in [0.4, 0.5) is 0 Å². The normalized spacial score (nSPS) is 16.3. The molecule has 0 bridgehead atoms. The van der Waals surface area contributed by atoms with Crippen LogP contribution in [-0.4, -0.2) is 34.5 Å². The molecule has 0 aliphatic heterocycles. The van der Waals surface area contributed by atoms with Crippen LogP contribution in [0.25, 0.3) is 0 Å². The third kappa shape index (κ3) is 3.32. The lowest BCUT2D eigenvalue weighted by Gasteiger charge is -2.24. The Morgan fingerprint density at radius 2 is 2.28 bits per heavy atom. The average Bonchev–Trinajstić information content (AvgIpc) is 3.03. The summed E-state index contributed by atoms with van der Waals surface area (Å²) in [5.74, 6) is -1.30. The number of carbonyl (C=O) groups is 2. The molecule has 1 aromatic heterocycles. The first-order valence-electron chi connectivity index (χ1n) is 6.12. The maximum Gasteiger partial charge on any atom is 0.308 e. The predicted octanol–water partition coefficient (Wildman–Crippen LogP) is 2.00. The van der Waals surface area contributed by atoms with Crippen LogP contribution in [0.1, 0.15) is 24.6 Å². The number of rotatable bonds is 6. The van der Waals surface area contributed by atoms with Crippen LogP contribution in [0.3, 0.4) is 0 Å². The monoisotopic (exact) mass is 267 g/mol. The highest BCUT2D eigenvalue weighted by molar-refractivity contribution is 7.10. The lowest BCUT2D eigenvalue weighted by Crippen LogP contribution is -2.39. The number of hydrogen-bond donors (Lipinski definition) is 1. The molecule has 5 heteroatoms. The first-order valence-corrected chi connectivity index (χ1v) is 7.00. The van der Waals surface area contributed by atoms with Crippen molar-refractivity contribution in [2.24, 2.45) is 5.92 Å². The van der Waals surface area contributed by atoms with E-state index >= 15 is 0 Å². The Bertz CT molecular complexity index is 425. The highest BCUT2D eigenvalue weighted by Gasteiger charge is 2.34. The third-order valence-electron chi connectivity index (χ3n) is 3.11. The SMILES string of the molecule is CC(CN(C(=O)Cc1cccs1)C1CC1)C(=O)O. The first-order chi connectivity index (χ1) is 8.58. The molecule has 1 aliphatic carbocycles. The Kier molecular flexibility index (Phi) is 4.01. The number of carbonyl (C=O) groups excluding carboxylic acids is 1. The summed E-state index contributed by atoms with van der Waals surface area (Å²) in [6, 6.07) is 4.13. The maximum atomic E-state index is 12.2. The molecular formula is C13H17NO3S. The van der Waals surface area contributed by atoms with Crippen LogP contribution < -0.4 is 0 Å². The molecule has 0 aromatic carbocycles. The van der Waals surface area contributed by atoms with Gasteiger partial charge in [-0.15, -0.1) is 11.3 Å². The van der Waals surface area contributed by atoms with Crippen LogP contribution in [0.15, 0.2) is 17.5 Å². The van der Waals surface area contributed by atoms with E-state index in [1.54, 1.807) is 23.2 Å². The number of amides is 1. The van der Waals surface area contributed by atoms with Gasteiger partial charge in [-0.2, -0.15) is 0 Å². The molecule has 98 valence electrons. The van der Waals surface area contributed by atoms with E-state index in [4.69, 9.17) is 5.11 Å². The summed E-state index contributed by atoms with van der Waals surface area (Å²) in [6.45, 7) is 1.97. The second kappa shape index (κ2) is 5.52. The van der Waals surface area contributed by atoms with Gasteiger partial charge < -0.3 is 10.0 Å². The number of carboxylic acids is 1. The fourth-order valence-electron chi connectivity index (χ4n) is 1.88. The summed E-state index contributed by atoms with van der Waals surface area (Å²) in [4.78, 5) is 25.9. The Morgan fingerprint density at radius 1 is 1.56 bits per heavy atom. The van der Waals surface area contributed by atoms with Gasteiger partial charge in [0.15, 0.2) is 0 Å². The topological polar surface area (TPSA) is 57.6 Å². The molecule has 1 aromatic rings. The molecule has 0 saturated heterocycles. The zero-order valence-corrected chi connectivity index (χ0v) is 11.2. The zero-order chi connectivity index (χ0) is 13.1. The van der Waals surface area contributed by atoms with Crippen molar-refractivity contribution < 1.29 is 14.7 Å². The van der Waals surface area contributed by atoms with Crippen molar-refractivity contribution in [2.45, 2.75) is 32.2 Å². The lowest BCUT2D eigenvalue weighted by molar-refractivity contribution is -0.143. The predicted molar refractivity (Wildman–Crippen MR) is 69.6 cm³/mol. The van der Waals surface area contributed by atoms with Gasteiger partial charge in [0.25, 0.3) is 0 Å². The van der Waals surface area contributed by atoms with Crippen molar-refractivity contribution in [1.82, 2.24) is 4.90 Å². The molecule has 1 aliphatic rings. The van der Waals surface area contributed by atoms with Crippen molar-refractivity contribution in [2.75, 3.05) is 6.54 Å². The van der Waals surface area contributed by atoms with Gasteiger partial charge >= 0.3 is 5.97 Å². The van der Waals surface area contributed by atoms with Gasteiger partial charge in [-0.1, -0.05) is 13.0 Å². The molecule has 18 heavy (non-hydrogen) atoms. The van der Waals surface area contributed by atoms with Gasteiger partial charge in [0, 0.05) is 17.5 Å². The van der Waals surface area contributed by atoms with Gasteiger partial charge in [-0.3, -0.25) is 9.59 Å². The van der Waals surface area contributed by atoms with Crippen molar-refractivity contribution in [1.29, 1.82) is 0 Å². The molecule has 1 atom stereocenters. The summed E-state index contributed by atoms with van der Waals surface area (Å²) in [7, 11) is 0. The highest BCUT2D eigenvalue weighted by atomic mass is 32.1. The molecule has 0 spiro atoms. The van der Waals surface area contributed by atoms with Gasteiger partial charge in [0.2, 0.25) is 5.91 Å². The number of thiophene rings is 1. The van der Waals surface area contributed by atoms with E-state index in [2.05, 4.69) is 0 Å². The molecule has 1 unspecified atom stereocenters. The largest absolute Gasteiger partial charge is 0.481 e. The zero-order valence-electron chi connectivity index (χ0n) is 10.3. The Balaban J connectivity index is 1.96. The van der Waals surface area contributed by atoms with Crippen LogP contribution in [0.2, 0.25) is 0 Å². The molecule has 2 rings (SSSR count). The Morgan fingerprint density at radius 3 is 2.78 bits per heavy atom. The van der Waals surface area contributed by atoms with Crippen molar-refractivity contribution >= 4 is 23.2 Å². The summed E-state index contributed by atoms with van der Waals surface area (Å²) in [6.07, 6.45) is 2.39. The smallest absolute Gasteiger partial charge is 0.308 e. The van der Waals surface area contributed by atoms with E-state index < -0.39 is 11.9 Å². The van der Waals surface area contributed by atoms with Crippen LogP contribution >= 0.6 is 11.3 Å². The van der Waals surface area contributed by atoms with E-state index in [9.17, 15) is 9.59 Å². The Labute approximate surface area is 110 Å². The molecule has 4 nitrogen and oxygen atoms in total. The van der Waals surface area contributed by atoms with E-state index in [0.29, 0.717) is 13.0 Å². The number of hydrogen-bond acceptors (Lipinski definition) is 3.